The summed E-state index contributed by atoms with van der Waals surface area (Å²) in [7, 11) is 0. The van der Waals surface area contributed by atoms with Crippen molar-refractivity contribution in [1.29, 1.82) is 5.26 Å². The van der Waals surface area contributed by atoms with Gasteiger partial charge in [0.2, 0.25) is 0 Å². The Labute approximate surface area is 138 Å². The minimum Gasteiger partial charge on any atom is -0.372 e. The largest absolute Gasteiger partial charge is 0.372 e. The Bertz CT molecular complexity index is 589. The first-order valence-electron chi connectivity index (χ1n) is 7.57. The molecule has 0 spiro atoms. The van der Waals surface area contributed by atoms with Crippen LogP contribution in [0.5, 0.6) is 0 Å². The Morgan fingerprint density at radius 3 is 2.30 bits per heavy atom. The molecule has 0 atom stereocenters. The van der Waals surface area contributed by atoms with Crippen molar-refractivity contribution in [3.05, 3.63) is 73.0 Å². The smallest absolute Gasteiger partial charge is 0.266 e. The van der Waals surface area contributed by atoms with Crippen LogP contribution in [0.2, 0.25) is 0 Å². The highest BCUT2D eigenvalue weighted by atomic mass is 16.2. The minimum absolute atomic E-state index is 0.117. The van der Waals surface area contributed by atoms with Crippen LogP contribution in [0.3, 0.4) is 0 Å². The van der Waals surface area contributed by atoms with Crippen molar-refractivity contribution in [3.8, 4) is 6.07 Å². The van der Waals surface area contributed by atoms with Crippen molar-refractivity contribution < 1.29 is 4.79 Å². The van der Waals surface area contributed by atoms with E-state index in [0.717, 1.165) is 5.56 Å². The molecule has 1 rings (SSSR count). The Hall–Kier alpha value is -2.80. The van der Waals surface area contributed by atoms with Crippen LogP contribution in [-0.2, 0) is 11.3 Å². The summed E-state index contributed by atoms with van der Waals surface area (Å²) in [6, 6.07) is 12.0. The van der Waals surface area contributed by atoms with Crippen molar-refractivity contribution in [2.45, 2.75) is 13.5 Å². The van der Waals surface area contributed by atoms with Crippen molar-refractivity contribution in [3.63, 3.8) is 0 Å². The standard InChI is InChI=1S/C19H23N3O/c1-4-12-22(13-5-2)19(23)18(14-20)16-21(6-3)15-17-10-8-7-9-11-17/h4-5,7-11,16H,1-2,6,12-13,15H2,3H3/b18-16-. The molecule has 4 nitrogen and oxygen atoms in total. The number of carbonyl (C=O) groups is 1. The third kappa shape index (κ3) is 5.84. The highest BCUT2D eigenvalue weighted by Crippen LogP contribution is 2.09. The van der Waals surface area contributed by atoms with Crippen LogP contribution in [0, 0.1) is 11.3 Å². The first kappa shape index (κ1) is 18.2. The number of nitriles is 1. The number of nitrogens with zero attached hydrogens (tertiary/aromatic N) is 3. The fourth-order valence-corrected chi connectivity index (χ4v) is 2.10. The number of rotatable bonds is 9. The second kappa shape index (κ2) is 10.0. The lowest BCUT2D eigenvalue weighted by molar-refractivity contribution is -0.125. The molecular weight excluding hydrogens is 286 g/mol. The lowest BCUT2D eigenvalue weighted by Gasteiger charge is -2.22. The van der Waals surface area contributed by atoms with Gasteiger partial charge in [-0.3, -0.25) is 4.79 Å². The van der Waals surface area contributed by atoms with Gasteiger partial charge in [0, 0.05) is 32.4 Å². The molecule has 1 amide bonds. The van der Waals surface area contributed by atoms with Gasteiger partial charge in [0.15, 0.2) is 0 Å². The molecule has 0 aromatic heterocycles. The Morgan fingerprint density at radius 2 is 1.83 bits per heavy atom. The van der Waals surface area contributed by atoms with E-state index in [0.29, 0.717) is 26.2 Å². The predicted octanol–water partition coefficient (Wildman–Crippen LogP) is 3.12. The summed E-state index contributed by atoms with van der Waals surface area (Å²) in [5.41, 5.74) is 1.25. The molecule has 0 N–H and O–H groups in total. The van der Waals surface area contributed by atoms with Gasteiger partial charge in [-0.1, -0.05) is 42.5 Å². The molecule has 0 fully saturated rings. The number of carbonyl (C=O) groups excluding carboxylic acids is 1. The molecule has 0 unspecified atom stereocenters. The second-order valence-corrected chi connectivity index (χ2v) is 4.99. The Morgan fingerprint density at radius 1 is 1.22 bits per heavy atom. The van der Waals surface area contributed by atoms with E-state index in [1.807, 2.05) is 48.2 Å². The zero-order chi connectivity index (χ0) is 17.1. The van der Waals surface area contributed by atoms with Crippen molar-refractivity contribution in [2.24, 2.45) is 0 Å². The van der Waals surface area contributed by atoms with E-state index in [4.69, 9.17) is 0 Å². The van der Waals surface area contributed by atoms with E-state index in [1.165, 1.54) is 4.90 Å². The van der Waals surface area contributed by atoms with Crippen LogP contribution in [0.4, 0.5) is 0 Å². The van der Waals surface area contributed by atoms with Crippen LogP contribution >= 0.6 is 0 Å². The molecular formula is C19H23N3O. The Balaban J connectivity index is 2.93. The second-order valence-electron chi connectivity index (χ2n) is 4.99. The van der Waals surface area contributed by atoms with Crippen molar-refractivity contribution in [2.75, 3.05) is 19.6 Å². The summed E-state index contributed by atoms with van der Waals surface area (Å²) in [4.78, 5) is 16.0. The molecule has 0 saturated carbocycles. The molecule has 1 aromatic carbocycles. The fraction of sp³-hybridized carbons (Fsp3) is 0.263. The third-order valence-electron chi connectivity index (χ3n) is 3.28. The average Bonchev–Trinajstić information content (AvgIpc) is 2.58. The molecule has 120 valence electrons. The normalized spacial score (nSPS) is 10.5. The highest BCUT2D eigenvalue weighted by Gasteiger charge is 2.17. The van der Waals surface area contributed by atoms with Crippen molar-refractivity contribution >= 4 is 5.91 Å². The number of hydrogen-bond donors (Lipinski definition) is 0. The van der Waals surface area contributed by atoms with E-state index in [9.17, 15) is 10.1 Å². The molecule has 4 heteroatoms. The SMILES string of the molecule is C=CCN(CC=C)C(=O)/C(C#N)=C\N(CC)Cc1ccccc1. The maximum absolute atomic E-state index is 12.5. The van der Waals surface area contributed by atoms with Crippen molar-refractivity contribution in [1.82, 2.24) is 9.80 Å². The van der Waals surface area contributed by atoms with Gasteiger partial charge < -0.3 is 9.80 Å². The van der Waals surface area contributed by atoms with E-state index in [1.54, 1.807) is 18.4 Å². The van der Waals surface area contributed by atoms with Gasteiger partial charge in [-0.2, -0.15) is 5.26 Å². The molecule has 0 aliphatic carbocycles. The fourth-order valence-electron chi connectivity index (χ4n) is 2.10. The van der Waals surface area contributed by atoms with Crippen LogP contribution in [-0.4, -0.2) is 35.3 Å². The predicted molar refractivity (Wildman–Crippen MR) is 93.2 cm³/mol. The molecule has 0 aliphatic rings. The van der Waals surface area contributed by atoms with Gasteiger partial charge in [-0.15, -0.1) is 13.2 Å². The number of amides is 1. The third-order valence-corrected chi connectivity index (χ3v) is 3.28. The van der Waals surface area contributed by atoms with Gasteiger partial charge in [0.1, 0.15) is 11.6 Å². The number of hydrogen-bond acceptors (Lipinski definition) is 3. The lowest BCUT2D eigenvalue weighted by Crippen LogP contribution is -2.33. The van der Waals surface area contributed by atoms with Gasteiger partial charge in [-0.05, 0) is 12.5 Å². The first-order valence-corrected chi connectivity index (χ1v) is 7.57. The molecule has 0 bridgehead atoms. The highest BCUT2D eigenvalue weighted by molar-refractivity contribution is 5.97. The summed E-state index contributed by atoms with van der Waals surface area (Å²) in [5.74, 6) is -0.307. The van der Waals surface area contributed by atoms with Crippen LogP contribution in [0.1, 0.15) is 12.5 Å². The molecule has 0 heterocycles. The van der Waals surface area contributed by atoms with Crippen LogP contribution in [0.15, 0.2) is 67.4 Å². The van der Waals surface area contributed by atoms with Gasteiger partial charge >= 0.3 is 0 Å². The minimum atomic E-state index is -0.307. The topological polar surface area (TPSA) is 47.3 Å². The summed E-state index contributed by atoms with van der Waals surface area (Å²) < 4.78 is 0. The summed E-state index contributed by atoms with van der Waals surface area (Å²) >= 11 is 0. The summed E-state index contributed by atoms with van der Waals surface area (Å²) in [6.07, 6.45) is 4.91. The van der Waals surface area contributed by atoms with E-state index < -0.39 is 0 Å². The summed E-state index contributed by atoms with van der Waals surface area (Å²) in [5, 5.41) is 9.35. The van der Waals surface area contributed by atoms with E-state index >= 15 is 0 Å². The quantitative estimate of drug-likeness (QED) is 0.400. The zero-order valence-corrected chi connectivity index (χ0v) is 13.6. The van der Waals surface area contributed by atoms with Gasteiger partial charge in [0.25, 0.3) is 5.91 Å². The maximum Gasteiger partial charge on any atom is 0.266 e. The average molecular weight is 309 g/mol. The number of benzene rings is 1. The monoisotopic (exact) mass is 309 g/mol. The van der Waals surface area contributed by atoms with Crippen LogP contribution < -0.4 is 0 Å². The molecule has 0 saturated heterocycles. The van der Waals surface area contributed by atoms with E-state index in [-0.39, 0.29) is 11.5 Å². The van der Waals surface area contributed by atoms with Gasteiger partial charge in [0.05, 0.1) is 0 Å². The van der Waals surface area contributed by atoms with Crippen LogP contribution in [0.25, 0.3) is 0 Å². The zero-order valence-electron chi connectivity index (χ0n) is 13.6. The first-order chi connectivity index (χ1) is 11.2. The summed E-state index contributed by atoms with van der Waals surface area (Å²) in [6.45, 7) is 11.4. The molecule has 0 aliphatic heterocycles. The van der Waals surface area contributed by atoms with Gasteiger partial charge in [-0.25, -0.2) is 0 Å². The maximum atomic E-state index is 12.5. The molecule has 0 radical (unpaired) electrons. The molecule has 1 aromatic rings. The molecule has 23 heavy (non-hydrogen) atoms. The van der Waals surface area contributed by atoms with E-state index in [2.05, 4.69) is 13.2 Å². The Kier molecular flexibility index (Phi) is 7.95. The lowest BCUT2D eigenvalue weighted by atomic mass is 10.2.